The molecule has 1 N–H and O–H groups in total. The molecule has 9 heteroatoms. The molecule has 2 aromatic heterocycles. The van der Waals surface area contributed by atoms with Gasteiger partial charge in [0.15, 0.2) is 0 Å². The van der Waals surface area contributed by atoms with Crippen molar-refractivity contribution in [2.24, 2.45) is 5.41 Å². The third-order valence-electron chi connectivity index (χ3n) is 6.00. The summed E-state index contributed by atoms with van der Waals surface area (Å²) < 4.78 is 40.3. The van der Waals surface area contributed by atoms with Gasteiger partial charge in [0.05, 0.1) is 6.20 Å². The summed E-state index contributed by atoms with van der Waals surface area (Å²) in [7, 11) is 0. The van der Waals surface area contributed by atoms with E-state index in [0.29, 0.717) is 5.41 Å². The van der Waals surface area contributed by atoms with Gasteiger partial charge in [-0.1, -0.05) is 0 Å². The van der Waals surface area contributed by atoms with Crippen molar-refractivity contribution in [1.29, 1.82) is 0 Å². The van der Waals surface area contributed by atoms with Gasteiger partial charge in [-0.05, 0) is 51.1 Å². The highest BCUT2D eigenvalue weighted by Gasteiger charge is 2.46. The van der Waals surface area contributed by atoms with Gasteiger partial charge in [0.1, 0.15) is 17.8 Å². The summed E-state index contributed by atoms with van der Waals surface area (Å²) in [6.07, 6.45) is 4.80. The number of hydrogen-bond acceptors (Lipinski definition) is 5. The Morgan fingerprint density at radius 2 is 1.96 bits per heavy atom. The van der Waals surface area contributed by atoms with Crippen LogP contribution in [-0.4, -0.2) is 43.8 Å². The lowest BCUT2D eigenvalue weighted by molar-refractivity contribution is -0.141. The van der Waals surface area contributed by atoms with Crippen LogP contribution in [0.3, 0.4) is 0 Å². The lowest BCUT2D eigenvalue weighted by atomic mass is 9.60. The topological polar surface area (TPSA) is 58.9 Å². The summed E-state index contributed by atoms with van der Waals surface area (Å²) in [6.45, 7) is 5.99. The van der Waals surface area contributed by atoms with Crippen LogP contribution in [0.5, 0.6) is 0 Å². The molecule has 152 valence electrons. The summed E-state index contributed by atoms with van der Waals surface area (Å²) >= 11 is 0. The minimum absolute atomic E-state index is 0.185. The van der Waals surface area contributed by atoms with Crippen molar-refractivity contribution in [2.75, 3.05) is 18.4 Å². The molecule has 1 aliphatic heterocycles. The number of nitrogens with one attached hydrogen (secondary N) is 1. The van der Waals surface area contributed by atoms with Crippen LogP contribution in [-0.2, 0) is 19.3 Å². The van der Waals surface area contributed by atoms with Crippen LogP contribution in [0.25, 0.3) is 0 Å². The summed E-state index contributed by atoms with van der Waals surface area (Å²) in [4.78, 5) is 9.71. The Morgan fingerprint density at radius 3 is 2.61 bits per heavy atom. The minimum atomic E-state index is -4.44. The molecular formula is C19H25F3N6. The Bertz CT molecular complexity index is 802. The van der Waals surface area contributed by atoms with Crippen LogP contribution >= 0.6 is 0 Å². The Balaban J connectivity index is 1.25. The summed E-state index contributed by atoms with van der Waals surface area (Å²) in [5.41, 5.74) is 0.663. The molecule has 1 saturated carbocycles. The third kappa shape index (κ3) is 4.14. The average Bonchev–Trinajstić information content (AvgIpc) is 3.09. The van der Waals surface area contributed by atoms with Gasteiger partial charge < -0.3 is 5.32 Å². The fourth-order valence-electron chi connectivity index (χ4n) is 4.40. The molecule has 2 aliphatic rings. The number of alkyl halides is 3. The highest BCUT2D eigenvalue weighted by Crippen LogP contribution is 2.50. The van der Waals surface area contributed by atoms with Gasteiger partial charge >= 0.3 is 6.18 Å². The van der Waals surface area contributed by atoms with Gasteiger partial charge in [-0.25, -0.2) is 9.97 Å². The average molecular weight is 394 g/mol. The fraction of sp³-hybridized carbons (Fsp3) is 0.632. The van der Waals surface area contributed by atoms with Crippen LogP contribution in [0.4, 0.5) is 19.0 Å². The van der Waals surface area contributed by atoms with Gasteiger partial charge in [0.25, 0.3) is 0 Å². The van der Waals surface area contributed by atoms with E-state index in [0.717, 1.165) is 64.3 Å². The summed E-state index contributed by atoms with van der Waals surface area (Å²) in [5, 5.41) is 7.48. The SMILES string of the molecule is CCn1cc(CN2CCC3(CC2)CC(Nc2cc(C(F)(F)F)ncn2)C3)cn1. The number of rotatable bonds is 5. The zero-order chi connectivity index (χ0) is 19.8. The van der Waals surface area contributed by atoms with Crippen LogP contribution in [0.15, 0.2) is 24.8 Å². The fourth-order valence-corrected chi connectivity index (χ4v) is 4.40. The first-order valence-corrected chi connectivity index (χ1v) is 9.75. The molecule has 4 rings (SSSR count). The highest BCUT2D eigenvalue weighted by atomic mass is 19.4. The van der Waals surface area contributed by atoms with E-state index in [-0.39, 0.29) is 11.9 Å². The Kier molecular flexibility index (Phi) is 5.03. The molecule has 1 saturated heterocycles. The van der Waals surface area contributed by atoms with E-state index in [2.05, 4.69) is 38.4 Å². The van der Waals surface area contributed by atoms with E-state index >= 15 is 0 Å². The molecule has 0 aromatic carbocycles. The normalized spacial score (nSPS) is 20.3. The predicted molar refractivity (Wildman–Crippen MR) is 98.5 cm³/mol. The monoisotopic (exact) mass is 394 g/mol. The molecule has 6 nitrogen and oxygen atoms in total. The first-order chi connectivity index (χ1) is 13.4. The summed E-state index contributed by atoms with van der Waals surface area (Å²) in [5.74, 6) is 0.257. The Morgan fingerprint density at radius 1 is 1.21 bits per heavy atom. The molecular weight excluding hydrogens is 369 g/mol. The molecule has 1 aliphatic carbocycles. The molecule has 28 heavy (non-hydrogen) atoms. The lowest BCUT2D eigenvalue weighted by Crippen LogP contribution is -2.51. The number of likely N-dealkylation sites (tertiary alicyclic amines) is 1. The smallest absolute Gasteiger partial charge is 0.367 e. The van der Waals surface area contributed by atoms with Crippen molar-refractivity contribution in [2.45, 2.75) is 57.9 Å². The summed E-state index contributed by atoms with van der Waals surface area (Å²) in [6, 6.07) is 1.18. The van der Waals surface area contributed by atoms with E-state index in [1.165, 1.54) is 5.56 Å². The van der Waals surface area contributed by atoms with E-state index in [4.69, 9.17) is 0 Å². The van der Waals surface area contributed by atoms with Crippen molar-refractivity contribution in [3.05, 3.63) is 36.0 Å². The first kappa shape index (κ1) is 19.2. The molecule has 0 bridgehead atoms. The number of piperidine rings is 1. The van der Waals surface area contributed by atoms with Gasteiger partial charge in [-0.2, -0.15) is 18.3 Å². The molecule has 0 amide bonds. The molecule has 1 spiro atoms. The van der Waals surface area contributed by atoms with E-state index in [1.54, 1.807) is 0 Å². The second-order valence-electron chi connectivity index (χ2n) is 8.02. The molecule has 2 fully saturated rings. The third-order valence-corrected chi connectivity index (χ3v) is 6.00. The van der Waals surface area contributed by atoms with Gasteiger partial charge in [0.2, 0.25) is 0 Å². The largest absolute Gasteiger partial charge is 0.433 e. The maximum Gasteiger partial charge on any atom is 0.433 e. The highest BCUT2D eigenvalue weighted by molar-refractivity contribution is 5.38. The maximum atomic E-state index is 12.8. The van der Waals surface area contributed by atoms with E-state index in [1.807, 2.05) is 10.9 Å². The van der Waals surface area contributed by atoms with Crippen molar-refractivity contribution in [1.82, 2.24) is 24.6 Å². The van der Waals surface area contributed by atoms with Gasteiger partial charge in [-0.3, -0.25) is 9.58 Å². The molecule has 2 aromatic rings. The van der Waals surface area contributed by atoms with Crippen LogP contribution in [0, 0.1) is 5.41 Å². The number of halogens is 3. The van der Waals surface area contributed by atoms with Crippen molar-refractivity contribution >= 4 is 5.82 Å². The lowest BCUT2D eigenvalue weighted by Gasteiger charge is -2.52. The quantitative estimate of drug-likeness (QED) is 0.840. The Labute approximate surface area is 162 Å². The first-order valence-electron chi connectivity index (χ1n) is 9.75. The maximum absolute atomic E-state index is 12.8. The van der Waals surface area contributed by atoms with Crippen molar-refractivity contribution in [3.8, 4) is 0 Å². The van der Waals surface area contributed by atoms with Gasteiger partial charge in [0, 0.05) is 37.0 Å². The molecule has 0 unspecified atom stereocenters. The van der Waals surface area contributed by atoms with E-state index < -0.39 is 11.9 Å². The standard InChI is InChI=1S/C19H25F3N6/c1-2-28-12-14(10-25-28)11-27-5-3-18(4-6-27)8-15(9-18)26-17-7-16(19(20,21)22)23-13-24-17/h7,10,12-13,15H,2-6,8-9,11H2,1H3,(H,23,24,26). The van der Waals surface area contributed by atoms with Gasteiger partial charge in [-0.15, -0.1) is 0 Å². The number of aromatic nitrogens is 4. The van der Waals surface area contributed by atoms with Crippen LogP contribution in [0.1, 0.15) is 43.9 Å². The second kappa shape index (κ2) is 7.35. The number of hydrogen-bond donors (Lipinski definition) is 1. The minimum Gasteiger partial charge on any atom is -0.367 e. The number of anilines is 1. The zero-order valence-electron chi connectivity index (χ0n) is 15.9. The number of aryl methyl sites for hydroxylation is 1. The Hall–Kier alpha value is -2.16. The van der Waals surface area contributed by atoms with Crippen LogP contribution < -0.4 is 5.32 Å². The molecule has 3 heterocycles. The molecule has 0 radical (unpaired) electrons. The predicted octanol–water partition coefficient (Wildman–Crippen LogP) is 3.57. The zero-order valence-corrected chi connectivity index (χ0v) is 15.9. The van der Waals surface area contributed by atoms with Crippen molar-refractivity contribution in [3.63, 3.8) is 0 Å². The number of nitrogens with zero attached hydrogens (tertiary/aromatic N) is 5. The molecule has 0 atom stereocenters. The second-order valence-corrected chi connectivity index (χ2v) is 8.02. The van der Waals surface area contributed by atoms with E-state index in [9.17, 15) is 13.2 Å². The van der Waals surface area contributed by atoms with Crippen molar-refractivity contribution < 1.29 is 13.2 Å². The van der Waals surface area contributed by atoms with Crippen LogP contribution in [0.2, 0.25) is 0 Å².